The van der Waals surface area contributed by atoms with E-state index in [-0.39, 0.29) is 6.04 Å². The van der Waals surface area contributed by atoms with E-state index in [0.29, 0.717) is 12.3 Å². The molecule has 1 rings (SSSR count). The summed E-state index contributed by atoms with van der Waals surface area (Å²) >= 11 is 0. The molecule has 0 saturated heterocycles. The number of hydrogen-bond donors (Lipinski definition) is 3. The van der Waals surface area contributed by atoms with Crippen molar-refractivity contribution in [2.24, 2.45) is 5.92 Å². The van der Waals surface area contributed by atoms with E-state index in [9.17, 15) is 9.59 Å². The van der Waals surface area contributed by atoms with Crippen molar-refractivity contribution in [2.75, 3.05) is 0 Å². The second-order valence-corrected chi connectivity index (χ2v) is 4.72. The Morgan fingerprint density at radius 1 is 1.50 bits per heavy atom. The number of carboxylic acids is 1. The molecule has 0 aromatic rings. The summed E-state index contributed by atoms with van der Waals surface area (Å²) in [4.78, 5) is 22.6. The number of aliphatic carboxylic acids is 1. The maximum atomic E-state index is 11.6. The predicted molar refractivity (Wildman–Crippen MR) is 60.2 cm³/mol. The lowest BCUT2D eigenvalue weighted by atomic mass is 10.00. The highest BCUT2D eigenvalue weighted by Crippen LogP contribution is 2.32. The fourth-order valence-electron chi connectivity index (χ4n) is 1.50. The minimum atomic E-state index is -1.19. The molecular formula is C11H20N2O3. The standard InChI is InChI=1S/C11H20N2O3/c1-4-11(3,9(14)15)13-10(16)12-7(2)8-5-6-8/h7-8H,4-6H2,1-3H3,(H,14,15)(H2,12,13,16). The molecular weight excluding hydrogens is 208 g/mol. The van der Waals surface area contributed by atoms with Crippen LogP contribution in [0.3, 0.4) is 0 Å². The maximum Gasteiger partial charge on any atom is 0.329 e. The zero-order chi connectivity index (χ0) is 12.3. The second kappa shape index (κ2) is 4.72. The Kier molecular flexibility index (Phi) is 3.78. The van der Waals surface area contributed by atoms with Gasteiger partial charge in [-0.3, -0.25) is 0 Å². The summed E-state index contributed by atoms with van der Waals surface area (Å²) in [6, 6.07) is -0.277. The van der Waals surface area contributed by atoms with Crippen LogP contribution >= 0.6 is 0 Å². The smallest absolute Gasteiger partial charge is 0.329 e. The number of rotatable bonds is 5. The van der Waals surface area contributed by atoms with E-state index in [1.807, 2.05) is 6.92 Å². The van der Waals surface area contributed by atoms with E-state index in [4.69, 9.17) is 5.11 Å². The number of amides is 2. The molecule has 92 valence electrons. The van der Waals surface area contributed by atoms with Crippen LogP contribution in [0.1, 0.15) is 40.0 Å². The highest BCUT2D eigenvalue weighted by Gasteiger charge is 2.34. The van der Waals surface area contributed by atoms with Crippen LogP contribution in [0, 0.1) is 5.92 Å². The van der Waals surface area contributed by atoms with Gasteiger partial charge in [-0.2, -0.15) is 0 Å². The minimum Gasteiger partial charge on any atom is -0.480 e. The van der Waals surface area contributed by atoms with E-state index in [2.05, 4.69) is 10.6 Å². The summed E-state index contributed by atoms with van der Waals surface area (Å²) in [5.74, 6) is -0.451. The van der Waals surface area contributed by atoms with Crippen LogP contribution in [0.15, 0.2) is 0 Å². The molecule has 0 radical (unpaired) electrons. The van der Waals surface area contributed by atoms with Gasteiger partial charge in [0.15, 0.2) is 0 Å². The molecule has 0 spiro atoms. The molecule has 16 heavy (non-hydrogen) atoms. The topological polar surface area (TPSA) is 78.4 Å². The molecule has 0 aromatic carbocycles. The van der Waals surface area contributed by atoms with Crippen LogP contribution in [0.25, 0.3) is 0 Å². The van der Waals surface area contributed by atoms with Gasteiger partial charge in [0.1, 0.15) is 5.54 Å². The Hall–Kier alpha value is -1.26. The zero-order valence-electron chi connectivity index (χ0n) is 10.0. The molecule has 0 heterocycles. The van der Waals surface area contributed by atoms with Crippen LogP contribution in [0.2, 0.25) is 0 Å². The van der Waals surface area contributed by atoms with Crippen molar-refractivity contribution >= 4 is 12.0 Å². The third-order valence-electron chi connectivity index (χ3n) is 3.26. The first-order valence-electron chi connectivity index (χ1n) is 5.71. The second-order valence-electron chi connectivity index (χ2n) is 4.72. The van der Waals surface area contributed by atoms with Crippen LogP contribution in [0.5, 0.6) is 0 Å². The first-order chi connectivity index (χ1) is 7.39. The molecule has 1 aliphatic carbocycles. The third-order valence-corrected chi connectivity index (χ3v) is 3.26. The van der Waals surface area contributed by atoms with E-state index in [1.54, 1.807) is 6.92 Å². The van der Waals surface area contributed by atoms with Crippen LogP contribution < -0.4 is 10.6 Å². The van der Waals surface area contributed by atoms with Crippen molar-refractivity contribution in [3.8, 4) is 0 Å². The maximum absolute atomic E-state index is 11.6. The van der Waals surface area contributed by atoms with Crippen molar-refractivity contribution in [3.63, 3.8) is 0 Å². The largest absolute Gasteiger partial charge is 0.480 e. The number of carboxylic acid groups (broad SMARTS) is 1. The summed E-state index contributed by atoms with van der Waals surface area (Å²) in [5.41, 5.74) is -1.19. The normalized spacial score (nSPS) is 20.7. The molecule has 0 bridgehead atoms. The Morgan fingerprint density at radius 3 is 2.44 bits per heavy atom. The van der Waals surface area contributed by atoms with Gasteiger partial charge in [0.25, 0.3) is 0 Å². The molecule has 2 atom stereocenters. The Morgan fingerprint density at radius 2 is 2.06 bits per heavy atom. The number of carbonyl (C=O) groups excluding carboxylic acids is 1. The van der Waals surface area contributed by atoms with Crippen molar-refractivity contribution in [2.45, 2.75) is 51.6 Å². The van der Waals surface area contributed by atoms with Gasteiger partial charge in [-0.1, -0.05) is 6.92 Å². The quantitative estimate of drug-likeness (QED) is 0.664. The summed E-state index contributed by atoms with van der Waals surface area (Å²) in [7, 11) is 0. The molecule has 3 N–H and O–H groups in total. The lowest BCUT2D eigenvalue weighted by Gasteiger charge is -2.25. The van der Waals surface area contributed by atoms with Crippen LogP contribution in [0.4, 0.5) is 4.79 Å². The minimum absolute atomic E-state index is 0.120. The first-order valence-corrected chi connectivity index (χ1v) is 5.71. The zero-order valence-corrected chi connectivity index (χ0v) is 10.0. The van der Waals surface area contributed by atoms with Crippen LogP contribution in [-0.4, -0.2) is 28.7 Å². The average molecular weight is 228 g/mol. The number of nitrogens with one attached hydrogen (secondary N) is 2. The van der Waals surface area contributed by atoms with Crippen molar-refractivity contribution < 1.29 is 14.7 Å². The molecule has 1 fully saturated rings. The van der Waals surface area contributed by atoms with Gasteiger partial charge in [-0.15, -0.1) is 0 Å². The van der Waals surface area contributed by atoms with Gasteiger partial charge >= 0.3 is 12.0 Å². The summed E-state index contributed by atoms with van der Waals surface area (Å²) in [6.45, 7) is 5.19. The highest BCUT2D eigenvalue weighted by atomic mass is 16.4. The first kappa shape index (κ1) is 12.8. The van der Waals surface area contributed by atoms with Gasteiger partial charge in [0, 0.05) is 6.04 Å². The van der Waals surface area contributed by atoms with E-state index in [1.165, 1.54) is 6.92 Å². The molecule has 2 unspecified atom stereocenters. The fraction of sp³-hybridized carbons (Fsp3) is 0.818. The van der Waals surface area contributed by atoms with Crippen molar-refractivity contribution in [1.29, 1.82) is 0 Å². The summed E-state index contributed by atoms with van der Waals surface area (Å²) in [6.07, 6.45) is 2.64. The lowest BCUT2D eigenvalue weighted by molar-refractivity contribution is -0.143. The Balaban J connectivity index is 2.45. The highest BCUT2D eigenvalue weighted by molar-refractivity contribution is 5.85. The van der Waals surface area contributed by atoms with Gasteiger partial charge in [-0.25, -0.2) is 9.59 Å². The SMILES string of the molecule is CCC(C)(NC(=O)NC(C)C1CC1)C(=O)O. The molecule has 0 aliphatic heterocycles. The molecule has 1 aliphatic rings. The van der Waals surface area contributed by atoms with Crippen LogP contribution in [-0.2, 0) is 4.79 Å². The number of carbonyl (C=O) groups is 2. The molecule has 2 amide bonds. The van der Waals surface area contributed by atoms with Crippen molar-refractivity contribution in [1.82, 2.24) is 10.6 Å². The monoisotopic (exact) mass is 228 g/mol. The van der Waals surface area contributed by atoms with E-state index < -0.39 is 17.5 Å². The van der Waals surface area contributed by atoms with E-state index in [0.717, 1.165) is 12.8 Å². The van der Waals surface area contributed by atoms with Gasteiger partial charge in [-0.05, 0) is 39.0 Å². The van der Waals surface area contributed by atoms with E-state index >= 15 is 0 Å². The fourth-order valence-corrected chi connectivity index (χ4v) is 1.50. The Labute approximate surface area is 95.6 Å². The summed E-state index contributed by atoms with van der Waals surface area (Å²) < 4.78 is 0. The number of urea groups is 1. The molecule has 1 saturated carbocycles. The van der Waals surface area contributed by atoms with Gasteiger partial charge < -0.3 is 15.7 Å². The predicted octanol–water partition coefficient (Wildman–Crippen LogP) is 1.34. The Bertz CT molecular complexity index is 289. The van der Waals surface area contributed by atoms with Crippen molar-refractivity contribution in [3.05, 3.63) is 0 Å². The van der Waals surface area contributed by atoms with Gasteiger partial charge in [0.2, 0.25) is 0 Å². The molecule has 5 heteroatoms. The average Bonchev–Trinajstić information content (AvgIpc) is 2.99. The summed E-state index contributed by atoms with van der Waals surface area (Å²) in [5, 5.41) is 14.3. The third kappa shape index (κ3) is 3.12. The lowest BCUT2D eigenvalue weighted by Crippen LogP contribution is -2.56. The molecule has 0 aromatic heterocycles. The van der Waals surface area contributed by atoms with Gasteiger partial charge in [0.05, 0.1) is 0 Å². The molecule has 5 nitrogen and oxygen atoms in total. The number of hydrogen-bond acceptors (Lipinski definition) is 2.